The second-order valence-electron chi connectivity index (χ2n) is 4.00. The predicted octanol–water partition coefficient (Wildman–Crippen LogP) is 1.21. The van der Waals surface area contributed by atoms with Gasteiger partial charge in [-0.25, -0.2) is 4.79 Å². The standard InChI is InChI=1S/C12H18N2O4/c1-2-16-12(15)10-5-7-14(13-10)6-3-4-11-17-8-9-18-11/h5,7,11H,2-4,6,8-9H2,1H3. The lowest BCUT2D eigenvalue weighted by Crippen LogP contribution is -2.10. The van der Waals surface area contributed by atoms with Crippen molar-refractivity contribution in [1.82, 2.24) is 9.78 Å². The molecule has 0 aliphatic carbocycles. The highest BCUT2D eigenvalue weighted by molar-refractivity contribution is 5.86. The molecule has 0 bridgehead atoms. The van der Waals surface area contributed by atoms with Crippen molar-refractivity contribution in [2.24, 2.45) is 0 Å². The van der Waals surface area contributed by atoms with Crippen molar-refractivity contribution in [3.63, 3.8) is 0 Å². The van der Waals surface area contributed by atoms with E-state index in [0.717, 1.165) is 19.4 Å². The summed E-state index contributed by atoms with van der Waals surface area (Å²) < 4.78 is 17.3. The maximum absolute atomic E-state index is 11.4. The van der Waals surface area contributed by atoms with Crippen molar-refractivity contribution in [2.45, 2.75) is 32.6 Å². The van der Waals surface area contributed by atoms with Gasteiger partial charge in [-0.1, -0.05) is 0 Å². The fourth-order valence-electron chi connectivity index (χ4n) is 1.79. The van der Waals surface area contributed by atoms with Gasteiger partial charge in [-0.05, 0) is 19.4 Å². The molecule has 0 spiro atoms. The molecule has 0 N–H and O–H groups in total. The Morgan fingerprint density at radius 1 is 1.56 bits per heavy atom. The number of hydrogen-bond donors (Lipinski definition) is 0. The molecule has 0 amide bonds. The Morgan fingerprint density at radius 2 is 2.33 bits per heavy atom. The van der Waals surface area contributed by atoms with Gasteiger partial charge in [0.2, 0.25) is 0 Å². The van der Waals surface area contributed by atoms with Gasteiger partial charge in [-0.2, -0.15) is 5.10 Å². The van der Waals surface area contributed by atoms with Gasteiger partial charge in [0.15, 0.2) is 12.0 Å². The Kier molecular flexibility index (Phi) is 4.72. The third kappa shape index (κ3) is 3.54. The number of aryl methyl sites for hydroxylation is 1. The van der Waals surface area contributed by atoms with Crippen molar-refractivity contribution in [3.05, 3.63) is 18.0 Å². The van der Waals surface area contributed by atoms with Gasteiger partial charge in [0.1, 0.15) is 0 Å². The summed E-state index contributed by atoms with van der Waals surface area (Å²) in [4.78, 5) is 11.4. The van der Waals surface area contributed by atoms with Gasteiger partial charge in [0.05, 0.1) is 19.8 Å². The van der Waals surface area contributed by atoms with E-state index in [1.54, 1.807) is 23.9 Å². The SMILES string of the molecule is CCOC(=O)c1ccn(CCCC2OCCO2)n1. The van der Waals surface area contributed by atoms with E-state index in [-0.39, 0.29) is 12.3 Å². The first-order chi connectivity index (χ1) is 8.79. The predicted molar refractivity (Wildman–Crippen MR) is 63.1 cm³/mol. The molecule has 0 radical (unpaired) electrons. The van der Waals surface area contributed by atoms with Crippen LogP contribution in [0.2, 0.25) is 0 Å². The van der Waals surface area contributed by atoms with Crippen LogP contribution in [0.1, 0.15) is 30.3 Å². The van der Waals surface area contributed by atoms with Crippen molar-refractivity contribution >= 4 is 5.97 Å². The first-order valence-electron chi connectivity index (χ1n) is 6.23. The molecule has 1 saturated heterocycles. The van der Waals surface area contributed by atoms with Crippen LogP contribution in [0, 0.1) is 0 Å². The van der Waals surface area contributed by atoms with Crippen molar-refractivity contribution in [2.75, 3.05) is 19.8 Å². The average molecular weight is 254 g/mol. The highest BCUT2D eigenvalue weighted by atomic mass is 16.7. The van der Waals surface area contributed by atoms with Gasteiger partial charge >= 0.3 is 5.97 Å². The van der Waals surface area contributed by atoms with Crippen LogP contribution in [0.15, 0.2) is 12.3 Å². The van der Waals surface area contributed by atoms with E-state index < -0.39 is 0 Å². The Balaban J connectivity index is 1.74. The van der Waals surface area contributed by atoms with Crippen LogP contribution in [0.3, 0.4) is 0 Å². The van der Waals surface area contributed by atoms with E-state index in [2.05, 4.69) is 5.10 Å². The summed E-state index contributed by atoms with van der Waals surface area (Å²) in [7, 11) is 0. The lowest BCUT2D eigenvalue weighted by Gasteiger charge is -2.08. The number of carbonyl (C=O) groups is 1. The minimum absolute atomic E-state index is 0.0786. The zero-order chi connectivity index (χ0) is 12.8. The van der Waals surface area contributed by atoms with Gasteiger partial charge in [0, 0.05) is 19.2 Å². The summed E-state index contributed by atoms with van der Waals surface area (Å²) in [6.07, 6.45) is 3.44. The summed E-state index contributed by atoms with van der Waals surface area (Å²) >= 11 is 0. The molecule has 2 heterocycles. The van der Waals surface area contributed by atoms with Crippen molar-refractivity contribution < 1.29 is 19.0 Å². The Bertz CT molecular complexity index is 385. The fraction of sp³-hybridized carbons (Fsp3) is 0.667. The van der Waals surface area contributed by atoms with Crippen molar-refractivity contribution in [3.8, 4) is 0 Å². The highest BCUT2D eigenvalue weighted by Crippen LogP contribution is 2.11. The van der Waals surface area contributed by atoms with Crippen LogP contribution in [0.5, 0.6) is 0 Å². The number of nitrogens with zero attached hydrogens (tertiary/aromatic N) is 2. The van der Waals surface area contributed by atoms with E-state index in [4.69, 9.17) is 14.2 Å². The Hall–Kier alpha value is -1.40. The molecule has 0 unspecified atom stereocenters. The van der Waals surface area contributed by atoms with Crippen LogP contribution >= 0.6 is 0 Å². The molecule has 0 atom stereocenters. The molecule has 1 aliphatic rings. The lowest BCUT2D eigenvalue weighted by atomic mass is 10.3. The third-order valence-electron chi connectivity index (χ3n) is 2.64. The molecule has 1 aromatic heterocycles. The summed E-state index contributed by atoms with van der Waals surface area (Å²) in [6.45, 7) is 4.24. The zero-order valence-electron chi connectivity index (χ0n) is 10.5. The van der Waals surface area contributed by atoms with Gasteiger partial charge in [-0.3, -0.25) is 4.68 Å². The van der Waals surface area contributed by atoms with Crippen LogP contribution in [-0.2, 0) is 20.8 Å². The number of aromatic nitrogens is 2. The highest BCUT2D eigenvalue weighted by Gasteiger charge is 2.15. The van der Waals surface area contributed by atoms with Crippen LogP contribution in [0.25, 0.3) is 0 Å². The Morgan fingerprint density at radius 3 is 3.06 bits per heavy atom. The third-order valence-corrected chi connectivity index (χ3v) is 2.64. The van der Waals surface area contributed by atoms with E-state index in [0.29, 0.717) is 25.5 Å². The topological polar surface area (TPSA) is 62.6 Å². The molecule has 1 aromatic rings. The zero-order valence-corrected chi connectivity index (χ0v) is 10.5. The molecular weight excluding hydrogens is 236 g/mol. The molecule has 6 nitrogen and oxygen atoms in total. The molecule has 100 valence electrons. The summed E-state index contributed by atoms with van der Waals surface area (Å²) in [5, 5.41) is 4.15. The average Bonchev–Trinajstić information content (AvgIpc) is 3.00. The smallest absolute Gasteiger partial charge is 0.358 e. The maximum atomic E-state index is 11.4. The largest absolute Gasteiger partial charge is 0.461 e. The van der Waals surface area contributed by atoms with Crippen molar-refractivity contribution in [1.29, 1.82) is 0 Å². The lowest BCUT2D eigenvalue weighted by molar-refractivity contribution is -0.0483. The minimum Gasteiger partial charge on any atom is -0.461 e. The normalized spacial score (nSPS) is 16.1. The fourth-order valence-corrected chi connectivity index (χ4v) is 1.79. The molecule has 0 aromatic carbocycles. The summed E-state index contributed by atoms with van der Waals surface area (Å²) in [5.41, 5.74) is 0.352. The summed E-state index contributed by atoms with van der Waals surface area (Å²) in [5.74, 6) is -0.376. The summed E-state index contributed by atoms with van der Waals surface area (Å²) in [6, 6.07) is 1.67. The van der Waals surface area contributed by atoms with E-state index in [1.807, 2.05) is 0 Å². The number of carbonyl (C=O) groups excluding carboxylic acids is 1. The first kappa shape index (κ1) is 13.0. The minimum atomic E-state index is -0.376. The second kappa shape index (κ2) is 6.51. The molecule has 1 aliphatic heterocycles. The number of hydrogen-bond acceptors (Lipinski definition) is 5. The Labute approximate surface area is 106 Å². The molecule has 18 heavy (non-hydrogen) atoms. The first-order valence-corrected chi connectivity index (χ1v) is 6.23. The van der Waals surface area contributed by atoms with E-state index >= 15 is 0 Å². The number of esters is 1. The monoisotopic (exact) mass is 254 g/mol. The molecule has 6 heteroatoms. The molecule has 0 saturated carbocycles. The number of ether oxygens (including phenoxy) is 3. The number of rotatable bonds is 6. The van der Waals surface area contributed by atoms with Crippen LogP contribution in [-0.4, -0.2) is 41.9 Å². The van der Waals surface area contributed by atoms with E-state index in [9.17, 15) is 4.79 Å². The van der Waals surface area contributed by atoms with E-state index in [1.165, 1.54) is 0 Å². The molecule has 2 rings (SSSR count). The van der Waals surface area contributed by atoms with Gasteiger partial charge in [0.25, 0.3) is 0 Å². The quantitative estimate of drug-likeness (QED) is 0.714. The maximum Gasteiger partial charge on any atom is 0.358 e. The molecule has 1 fully saturated rings. The van der Waals surface area contributed by atoms with Gasteiger partial charge in [-0.15, -0.1) is 0 Å². The van der Waals surface area contributed by atoms with Crippen LogP contribution in [0.4, 0.5) is 0 Å². The van der Waals surface area contributed by atoms with Gasteiger partial charge < -0.3 is 14.2 Å². The second-order valence-corrected chi connectivity index (χ2v) is 4.00. The van der Waals surface area contributed by atoms with Crippen LogP contribution < -0.4 is 0 Å². The molecular formula is C12H18N2O4.